The zero-order valence-corrected chi connectivity index (χ0v) is 13.4. The summed E-state index contributed by atoms with van der Waals surface area (Å²) in [5, 5.41) is 4.07. The summed E-state index contributed by atoms with van der Waals surface area (Å²) in [5.41, 5.74) is 0.910. The molecule has 2 aromatic rings. The maximum atomic E-state index is 6.25. The molecule has 0 bridgehead atoms. The third-order valence-electron chi connectivity index (χ3n) is 3.56. The van der Waals surface area contributed by atoms with E-state index in [4.69, 9.17) is 11.6 Å². The van der Waals surface area contributed by atoms with Gasteiger partial charge in [0.15, 0.2) is 0 Å². The largest absolute Gasteiger partial charge is 0.324 e. The van der Waals surface area contributed by atoms with Gasteiger partial charge in [-0.15, -0.1) is 0 Å². The van der Waals surface area contributed by atoms with Crippen molar-refractivity contribution < 1.29 is 0 Å². The van der Waals surface area contributed by atoms with E-state index < -0.39 is 0 Å². The van der Waals surface area contributed by atoms with Gasteiger partial charge in [0.05, 0.1) is 10.7 Å². The van der Waals surface area contributed by atoms with Gasteiger partial charge in [0, 0.05) is 22.0 Å². The number of hydrogen-bond acceptors (Lipinski definition) is 2. The van der Waals surface area contributed by atoms with Crippen molar-refractivity contribution >= 4 is 45.8 Å². The van der Waals surface area contributed by atoms with Crippen LogP contribution in [0.5, 0.6) is 0 Å². The maximum absolute atomic E-state index is 6.25. The SMILES string of the molecule is Clc1cc(I)ccc1Nc1nccn1C1CCCC1. The topological polar surface area (TPSA) is 29.9 Å². The van der Waals surface area contributed by atoms with E-state index >= 15 is 0 Å². The normalized spacial score (nSPS) is 15.9. The fourth-order valence-electron chi connectivity index (χ4n) is 2.60. The number of benzene rings is 1. The fraction of sp³-hybridized carbons (Fsp3) is 0.357. The average molecular weight is 388 g/mol. The van der Waals surface area contributed by atoms with Gasteiger partial charge in [0.1, 0.15) is 0 Å². The minimum atomic E-state index is 0.577. The van der Waals surface area contributed by atoms with Gasteiger partial charge in [0.25, 0.3) is 0 Å². The molecule has 1 fully saturated rings. The van der Waals surface area contributed by atoms with Crippen LogP contribution in [0.3, 0.4) is 0 Å². The van der Waals surface area contributed by atoms with E-state index in [1.165, 1.54) is 25.7 Å². The Kier molecular flexibility index (Phi) is 3.98. The lowest BCUT2D eigenvalue weighted by atomic mass is 10.2. The van der Waals surface area contributed by atoms with Crippen molar-refractivity contribution in [2.75, 3.05) is 5.32 Å². The van der Waals surface area contributed by atoms with Crippen LogP contribution in [-0.4, -0.2) is 9.55 Å². The number of hydrogen-bond donors (Lipinski definition) is 1. The second-order valence-corrected chi connectivity index (χ2v) is 6.50. The zero-order chi connectivity index (χ0) is 13.2. The van der Waals surface area contributed by atoms with E-state index in [2.05, 4.69) is 43.7 Å². The number of rotatable bonds is 3. The van der Waals surface area contributed by atoms with E-state index in [1.807, 2.05) is 24.4 Å². The van der Waals surface area contributed by atoms with Gasteiger partial charge in [-0.05, 0) is 53.6 Å². The van der Waals surface area contributed by atoms with E-state index in [9.17, 15) is 0 Å². The minimum Gasteiger partial charge on any atom is -0.324 e. The number of aromatic nitrogens is 2. The Balaban J connectivity index is 1.85. The van der Waals surface area contributed by atoms with Crippen molar-refractivity contribution in [3.63, 3.8) is 0 Å². The Hall–Kier alpha value is -0.750. The zero-order valence-electron chi connectivity index (χ0n) is 10.4. The standard InChI is InChI=1S/C14H15ClIN3/c15-12-9-10(16)5-6-13(12)18-14-17-7-8-19(14)11-3-1-2-4-11/h5-9,11H,1-4H2,(H,17,18). The molecule has 0 unspecified atom stereocenters. The molecule has 0 saturated heterocycles. The van der Waals surface area contributed by atoms with Crippen molar-refractivity contribution in [2.45, 2.75) is 31.7 Å². The first-order valence-corrected chi connectivity index (χ1v) is 7.94. The van der Waals surface area contributed by atoms with Crippen LogP contribution in [0.25, 0.3) is 0 Å². The Labute approximate surface area is 131 Å². The second kappa shape index (κ2) is 5.71. The first-order valence-electron chi connectivity index (χ1n) is 6.49. The van der Waals surface area contributed by atoms with Crippen molar-refractivity contribution in [3.05, 3.63) is 39.2 Å². The molecule has 1 aliphatic rings. The molecule has 3 nitrogen and oxygen atoms in total. The molecule has 1 aliphatic carbocycles. The molecule has 19 heavy (non-hydrogen) atoms. The number of imidazole rings is 1. The van der Waals surface area contributed by atoms with Crippen LogP contribution in [0.1, 0.15) is 31.7 Å². The molecular weight excluding hydrogens is 373 g/mol. The summed E-state index contributed by atoms with van der Waals surface area (Å²) in [6.45, 7) is 0. The molecule has 100 valence electrons. The van der Waals surface area contributed by atoms with Crippen LogP contribution in [0.4, 0.5) is 11.6 Å². The number of anilines is 2. The smallest absolute Gasteiger partial charge is 0.207 e. The summed E-state index contributed by atoms with van der Waals surface area (Å²) in [6.07, 6.45) is 9.01. The molecule has 0 spiro atoms. The third kappa shape index (κ3) is 2.89. The Morgan fingerprint density at radius 3 is 2.84 bits per heavy atom. The molecule has 1 heterocycles. The average Bonchev–Trinajstić information content (AvgIpc) is 3.03. The molecule has 0 amide bonds. The maximum Gasteiger partial charge on any atom is 0.207 e. The molecule has 1 aromatic heterocycles. The molecular formula is C14H15ClIN3. The van der Waals surface area contributed by atoms with Crippen molar-refractivity contribution in [1.29, 1.82) is 0 Å². The molecule has 5 heteroatoms. The van der Waals surface area contributed by atoms with Gasteiger partial charge >= 0.3 is 0 Å². The highest BCUT2D eigenvalue weighted by Gasteiger charge is 2.19. The molecule has 0 atom stereocenters. The predicted molar refractivity (Wildman–Crippen MR) is 87.2 cm³/mol. The molecule has 0 aliphatic heterocycles. The lowest BCUT2D eigenvalue weighted by molar-refractivity contribution is 0.525. The van der Waals surface area contributed by atoms with Gasteiger partial charge < -0.3 is 9.88 Å². The van der Waals surface area contributed by atoms with Gasteiger partial charge in [0.2, 0.25) is 5.95 Å². The first-order chi connectivity index (χ1) is 9.24. The van der Waals surface area contributed by atoms with Crippen LogP contribution in [-0.2, 0) is 0 Å². The number of nitrogens with zero attached hydrogens (tertiary/aromatic N) is 2. The van der Waals surface area contributed by atoms with Crippen LogP contribution < -0.4 is 5.32 Å². The lowest BCUT2D eigenvalue weighted by Gasteiger charge is -2.16. The van der Waals surface area contributed by atoms with Crippen molar-refractivity contribution in [2.24, 2.45) is 0 Å². The van der Waals surface area contributed by atoms with Gasteiger partial charge in [-0.3, -0.25) is 0 Å². The summed E-state index contributed by atoms with van der Waals surface area (Å²) in [5.74, 6) is 0.884. The highest BCUT2D eigenvalue weighted by Crippen LogP contribution is 2.33. The number of nitrogens with one attached hydrogen (secondary N) is 1. The predicted octanol–water partition coefficient (Wildman–Crippen LogP) is 5.00. The lowest BCUT2D eigenvalue weighted by Crippen LogP contribution is -2.08. The molecule has 1 N–H and O–H groups in total. The Morgan fingerprint density at radius 2 is 2.11 bits per heavy atom. The van der Waals surface area contributed by atoms with E-state index in [0.717, 1.165) is 20.2 Å². The van der Waals surface area contributed by atoms with Crippen LogP contribution >= 0.6 is 34.2 Å². The van der Waals surface area contributed by atoms with E-state index in [1.54, 1.807) is 0 Å². The first kappa shape index (κ1) is 13.2. The highest BCUT2D eigenvalue weighted by molar-refractivity contribution is 14.1. The van der Waals surface area contributed by atoms with Gasteiger partial charge in [-0.1, -0.05) is 24.4 Å². The molecule has 0 radical (unpaired) electrons. The van der Waals surface area contributed by atoms with Crippen molar-refractivity contribution in [3.8, 4) is 0 Å². The molecule has 1 aromatic carbocycles. The van der Waals surface area contributed by atoms with E-state index in [0.29, 0.717) is 6.04 Å². The Morgan fingerprint density at radius 1 is 1.32 bits per heavy atom. The summed E-state index contributed by atoms with van der Waals surface area (Å²) < 4.78 is 3.37. The molecule has 1 saturated carbocycles. The quantitative estimate of drug-likeness (QED) is 0.751. The summed E-state index contributed by atoms with van der Waals surface area (Å²) in [4.78, 5) is 4.41. The van der Waals surface area contributed by atoms with Crippen LogP contribution in [0.15, 0.2) is 30.6 Å². The number of halogens is 2. The van der Waals surface area contributed by atoms with Crippen LogP contribution in [0, 0.1) is 3.57 Å². The molecule has 3 rings (SSSR count). The summed E-state index contributed by atoms with van der Waals surface area (Å²) in [6, 6.07) is 6.57. The minimum absolute atomic E-state index is 0.577. The van der Waals surface area contributed by atoms with Gasteiger partial charge in [-0.2, -0.15) is 0 Å². The second-order valence-electron chi connectivity index (χ2n) is 4.85. The van der Waals surface area contributed by atoms with Gasteiger partial charge in [-0.25, -0.2) is 4.98 Å². The highest BCUT2D eigenvalue weighted by atomic mass is 127. The van der Waals surface area contributed by atoms with Crippen LogP contribution in [0.2, 0.25) is 5.02 Å². The summed E-state index contributed by atoms with van der Waals surface area (Å²) in [7, 11) is 0. The Bertz CT molecular complexity index is 576. The summed E-state index contributed by atoms with van der Waals surface area (Å²) >= 11 is 8.51. The third-order valence-corrected chi connectivity index (χ3v) is 4.55. The van der Waals surface area contributed by atoms with E-state index in [-0.39, 0.29) is 0 Å². The monoisotopic (exact) mass is 387 g/mol. The fourth-order valence-corrected chi connectivity index (χ4v) is 3.50. The van der Waals surface area contributed by atoms with Crippen molar-refractivity contribution in [1.82, 2.24) is 9.55 Å².